The highest BCUT2D eigenvalue weighted by Crippen LogP contribution is 2.23. The fourth-order valence-electron chi connectivity index (χ4n) is 9.39. The number of aliphatic hydroxyl groups is 5. The Morgan fingerprint density at radius 1 is 0.500 bits per heavy atom. The zero-order valence-corrected chi connectivity index (χ0v) is 46.4. The molecule has 1 aliphatic rings. The van der Waals surface area contributed by atoms with Crippen molar-refractivity contribution in [3.8, 4) is 0 Å². The first-order valence-electron chi connectivity index (χ1n) is 30.3. The minimum atomic E-state index is -1.58. The molecule has 1 saturated heterocycles. The molecule has 1 aliphatic heterocycles. The van der Waals surface area contributed by atoms with Gasteiger partial charge in [-0.2, -0.15) is 0 Å². The highest BCUT2D eigenvalue weighted by atomic mass is 16.7. The number of amides is 1. The Kier molecular flexibility index (Phi) is 48.1. The molecule has 0 aliphatic carbocycles. The first-order valence-corrected chi connectivity index (χ1v) is 30.3. The highest BCUT2D eigenvalue weighted by molar-refractivity contribution is 5.76. The van der Waals surface area contributed by atoms with Crippen LogP contribution in [-0.2, 0) is 23.8 Å². The zero-order chi connectivity index (χ0) is 52.4. The largest absolute Gasteiger partial charge is 0.466 e. The molecule has 422 valence electrons. The van der Waals surface area contributed by atoms with Crippen LogP contribution < -0.4 is 5.32 Å². The van der Waals surface area contributed by atoms with Crippen molar-refractivity contribution in [2.75, 3.05) is 19.8 Å². The molecule has 1 fully saturated rings. The summed E-state index contributed by atoms with van der Waals surface area (Å²) < 4.78 is 16.7. The van der Waals surface area contributed by atoms with Gasteiger partial charge in [0.2, 0.25) is 5.91 Å². The number of aliphatic hydroxyl groups excluding tert-OH is 5. The third-order valence-electron chi connectivity index (χ3n) is 14.2. The summed E-state index contributed by atoms with van der Waals surface area (Å²) in [5, 5.41) is 54.1. The minimum absolute atomic E-state index is 0.0172. The van der Waals surface area contributed by atoms with Crippen LogP contribution in [0, 0.1) is 0 Å². The Morgan fingerprint density at radius 2 is 0.903 bits per heavy atom. The summed E-state index contributed by atoms with van der Waals surface area (Å²) >= 11 is 0. The normalized spacial score (nSPS) is 19.2. The quantitative estimate of drug-likeness (QED) is 0.0195. The summed E-state index contributed by atoms with van der Waals surface area (Å²) in [6.07, 6.45) is 52.6. The maximum Gasteiger partial charge on any atom is 0.305 e. The predicted octanol–water partition coefficient (Wildman–Crippen LogP) is 13.9. The second kappa shape index (κ2) is 51.0. The van der Waals surface area contributed by atoms with Crippen LogP contribution in [0.3, 0.4) is 0 Å². The van der Waals surface area contributed by atoms with Crippen LogP contribution in [0.2, 0.25) is 0 Å². The molecule has 1 heterocycles. The zero-order valence-electron chi connectivity index (χ0n) is 46.4. The van der Waals surface area contributed by atoms with Crippen LogP contribution in [0.5, 0.6) is 0 Å². The molecule has 1 amide bonds. The van der Waals surface area contributed by atoms with Gasteiger partial charge in [-0.05, 0) is 70.6 Å². The first-order chi connectivity index (χ1) is 35.2. The maximum atomic E-state index is 13.0. The number of nitrogens with one attached hydrogen (secondary N) is 1. The van der Waals surface area contributed by atoms with Crippen molar-refractivity contribution in [3.63, 3.8) is 0 Å². The monoisotopic (exact) mass is 1020 g/mol. The lowest BCUT2D eigenvalue weighted by Gasteiger charge is -2.40. The van der Waals surface area contributed by atoms with Crippen molar-refractivity contribution in [2.45, 2.75) is 320 Å². The lowest BCUT2D eigenvalue weighted by Crippen LogP contribution is -2.60. The molecule has 0 spiro atoms. The third kappa shape index (κ3) is 40.2. The van der Waals surface area contributed by atoms with E-state index in [1.54, 1.807) is 6.08 Å². The Morgan fingerprint density at radius 3 is 1.40 bits per heavy atom. The molecule has 6 N–H and O–H groups in total. The van der Waals surface area contributed by atoms with Crippen LogP contribution in [0.15, 0.2) is 36.5 Å². The van der Waals surface area contributed by atoms with E-state index >= 15 is 0 Å². The summed E-state index contributed by atoms with van der Waals surface area (Å²) in [6, 6.07) is -0.838. The molecule has 0 aromatic rings. The Labute approximate surface area is 441 Å². The van der Waals surface area contributed by atoms with Gasteiger partial charge in [-0.25, -0.2) is 0 Å². The smallest absolute Gasteiger partial charge is 0.305 e. The fraction of sp³-hybridized carbons (Fsp3) is 0.869. The van der Waals surface area contributed by atoms with Crippen molar-refractivity contribution >= 4 is 11.9 Å². The number of hydrogen-bond acceptors (Lipinski definition) is 10. The van der Waals surface area contributed by atoms with Crippen LogP contribution in [0.1, 0.15) is 277 Å². The van der Waals surface area contributed by atoms with E-state index in [-0.39, 0.29) is 18.5 Å². The van der Waals surface area contributed by atoms with E-state index in [9.17, 15) is 35.1 Å². The van der Waals surface area contributed by atoms with E-state index < -0.39 is 49.5 Å². The Balaban J connectivity index is 2.03. The maximum absolute atomic E-state index is 13.0. The van der Waals surface area contributed by atoms with Crippen molar-refractivity contribution in [1.82, 2.24) is 5.32 Å². The second-order valence-electron chi connectivity index (χ2n) is 21.0. The Hall–Kier alpha value is -2.12. The number of allylic oxidation sites excluding steroid dienone is 5. The van der Waals surface area contributed by atoms with Gasteiger partial charge in [0, 0.05) is 12.8 Å². The van der Waals surface area contributed by atoms with E-state index in [1.165, 1.54) is 161 Å². The molecule has 0 aromatic heterocycles. The van der Waals surface area contributed by atoms with Crippen LogP contribution in [-0.4, -0.2) is 100 Å². The van der Waals surface area contributed by atoms with Gasteiger partial charge in [0.1, 0.15) is 24.4 Å². The molecule has 1 rings (SSSR count). The van der Waals surface area contributed by atoms with Gasteiger partial charge in [0.15, 0.2) is 6.29 Å². The number of unbranched alkanes of at least 4 members (excludes halogenated alkanes) is 34. The fourth-order valence-corrected chi connectivity index (χ4v) is 9.39. The van der Waals surface area contributed by atoms with Crippen molar-refractivity contribution in [1.29, 1.82) is 0 Å². The first kappa shape index (κ1) is 67.9. The number of carbonyl (C=O) groups excluding carboxylic acids is 2. The van der Waals surface area contributed by atoms with E-state index in [0.717, 1.165) is 89.9 Å². The van der Waals surface area contributed by atoms with Crippen LogP contribution in [0.25, 0.3) is 0 Å². The SMILES string of the molecule is CCCCC/C=C/CC/C=C/C(O)C(COC1OC(CO)C(O)C(O)C1O)NC(=O)CCCCCCC/C=C\CCCCCCCCCOC(=O)CCCCCCCCCCCCCCCCCCCCC. The lowest BCUT2D eigenvalue weighted by atomic mass is 9.99. The van der Waals surface area contributed by atoms with Crippen LogP contribution in [0.4, 0.5) is 0 Å². The average Bonchev–Trinajstić information content (AvgIpc) is 3.38. The number of carbonyl (C=O) groups is 2. The predicted molar refractivity (Wildman–Crippen MR) is 297 cm³/mol. The molecule has 0 saturated carbocycles. The minimum Gasteiger partial charge on any atom is -0.466 e. The summed E-state index contributed by atoms with van der Waals surface area (Å²) in [5.41, 5.74) is 0. The Bertz CT molecular complexity index is 1290. The van der Waals surface area contributed by atoms with Gasteiger partial charge in [0.25, 0.3) is 0 Å². The summed E-state index contributed by atoms with van der Waals surface area (Å²) in [6.45, 7) is 4.25. The topological polar surface area (TPSA) is 175 Å². The van der Waals surface area contributed by atoms with E-state index in [1.807, 2.05) is 6.08 Å². The third-order valence-corrected chi connectivity index (χ3v) is 14.2. The standard InChI is InChI=1S/C61H113NO10/c1-3-5-7-9-11-13-14-15-16-17-18-19-23-26-29-33-37-41-45-49-57(66)70-50-46-42-38-34-30-27-24-21-20-22-25-28-32-36-40-44-48-56(65)62-53(54(64)47-43-39-35-31-12-10-8-6-4-2)52-71-61-60(69)59(68)58(67)55(51-63)72-61/h12,20,22,31,43,47,53-55,58-61,63-64,67-69H,3-11,13-19,21,23-30,32-42,44-46,48-52H2,1-2H3,(H,62,65)/b22-20-,31-12+,47-43+. The average molecular weight is 1020 g/mol. The molecule has 72 heavy (non-hydrogen) atoms. The molecule has 0 radical (unpaired) electrons. The molecule has 0 bridgehead atoms. The number of hydrogen-bond donors (Lipinski definition) is 6. The van der Waals surface area contributed by atoms with Crippen molar-refractivity contribution < 1.29 is 49.3 Å². The second-order valence-corrected chi connectivity index (χ2v) is 21.0. The molecule has 11 heteroatoms. The van der Waals surface area contributed by atoms with Gasteiger partial charge in [0.05, 0.1) is 32.0 Å². The van der Waals surface area contributed by atoms with E-state index in [4.69, 9.17) is 14.2 Å². The molecule has 7 unspecified atom stereocenters. The summed E-state index contributed by atoms with van der Waals surface area (Å²) in [7, 11) is 0. The van der Waals surface area contributed by atoms with Gasteiger partial charge < -0.3 is 45.1 Å². The van der Waals surface area contributed by atoms with E-state index in [2.05, 4.69) is 43.5 Å². The summed E-state index contributed by atoms with van der Waals surface area (Å²) in [4.78, 5) is 25.1. The summed E-state index contributed by atoms with van der Waals surface area (Å²) in [5.74, 6) is -0.229. The van der Waals surface area contributed by atoms with E-state index in [0.29, 0.717) is 19.4 Å². The van der Waals surface area contributed by atoms with Crippen molar-refractivity contribution in [3.05, 3.63) is 36.5 Å². The van der Waals surface area contributed by atoms with Gasteiger partial charge >= 0.3 is 5.97 Å². The molecule has 11 nitrogen and oxygen atoms in total. The number of esters is 1. The van der Waals surface area contributed by atoms with Crippen molar-refractivity contribution in [2.24, 2.45) is 0 Å². The molecule has 7 atom stereocenters. The number of ether oxygens (including phenoxy) is 3. The molecular weight excluding hydrogens is 907 g/mol. The highest BCUT2D eigenvalue weighted by Gasteiger charge is 2.44. The van der Waals surface area contributed by atoms with Crippen LogP contribution >= 0.6 is 0 Å². The number of rotatable bonds is 52. The van der Waals surface area contributed by atoms with Gasteiger partial charge in [-0.3, -0.25) is 9.59 Å². The molecule has 0 aromatic carbocycles. The lowest BCUT2D eigenvalue weighted by molar-refractivity contribution is -0.302. The van der Waals surface area contributed by atoms with Gasteiger partial charge in [-0.15, -0.1) is 0 Å². The van der Waals surface area contributed by atoms with Gasteiger partial charge in [-0.1, -0.05) is 230 Å². The molecular formula is C61H113NO10.